The van der Waals surface area contributed by atoms with Crippen molar-refractivity contribution >= 4 is 21.7 Å². The summed E-state index contributed by atoms with van der Waals surface area (Å²) < 4.78 is 11.7. The van der Waals surface area contributed by atoms with Crippen molar-refractivity contribution in [3.8, 4) is 11.5 Å². The summed E-state index contributed by atoms with van der Waals surface area (Å²) in [7, 11) is 0. The van der Waals surface area contributed by atoms with Crippen LogP contribution in [0.1, 0.15) is 21.5 Å². The zero-order valence-corrected chi connectivity index (χ0v) is 12.7. The normalized spacial score (nSPS) is 18.9. The summed E-state index contributed by atoms with van der Waals surface area (Å²) in [6.45, 7) is 0.236. The zero-order valence-electron chi connectivity index (χ0n) is 11.1. The van der Waals surface area contributed by atoms with Gasteiger partial charge >= 0.3 is 0 Å². The molecule has 21 heavy (non-hydrogen) atoms. The van der Waals surface area contributed by atoms with Gasteiger partial charge in [-0.15, -0.1) is 0 Å². The van der Waals surface area contributed by atoms with E-state index in [2.05, 4.69) is 20.9 Å². The van der Waals surface area contributed by atoms with Gasteiger partial charge in [-0.3, -0.25) is 9.78 Å². The van der Waals surface area contributed by atoms with Crippen LogP contribution in [-0.4, -0.2) is 17.6 Å². The highest BCUT2D eigenvalue weighted by atomic mass is 79.9. The molecule has 1 atom stereocenters. The first kappa shape index (κ1) is 12.8. The highest BCUT2D eigenvalue weighted by Crippen LogP contribution is 2.40. The molecule has 1 aromatic heterocycles. The average molecular weight is 346 g/mol. The van der Waals surface area contributed by atoms with Crippen molar-refractivity contribution in [2.75, 3.05) is 6.79 Å². The van der Waals surface area contributed by atoms with Gasteiger partial charge in [-0.25, -0.2) is 0 Å². The molecule has 2 heterocycles. The molecule has 2 aliphatic rings. The van der Waals surface area contributed by atoms with E-state index in [1.54, 1.807) is 12.4 Å². The minimum absolute atomic E-state index is 0.0266. The van der Waals surface area contributed by atoms with Crippen LogP contribution < -0.4 is 9.47 Å². The van der Waals surface area contributed by atoms with Crippen molar-refractivity contribution in [2.45, 2.75) is 12.8 Å². The van der Waals surface area contributed by atoms with Gasteiger partial charge in [-0.2, -0.15) is 0 Å². The molecule has 0 N–H and O–H groups in total. The number of hydrogen-bond donors (Lipinski definition) is 0. The molecule has 0 amide bonds. The lowest BCUT2D eigenvalue weighted by atomic mass is 9.96. The van der Waals surface area contributed by atoms with Crippen molar-refractivity contribution < 1.29 is 14.3 Å². The summed E-state index contributed by atoms with van der Waals surface area (Å²) in [5.74, 6) is 1.58. The largest absolute Gasteiger partial charge is 0.454 e. The predicted octanol–water partition coefficient (Wildman–Crippen LogP) is 3.17. The van der Waals surface area contributed by atoms with Crippen LogP contribution in [0.5, 0.6) is 11.5 Å². The van der Waals surface area contributed by atoms with Gasteiger partial charge in [-0.1, -0.05) is 0 Å². The molecule has 4 nitrogen and oxygen atoms in total. The maximum absolute atomic E-state index is 12.6. The average Bonchev–Trinajstić information content (AvgIpc) is 3.05. The maximum atomic E-state index is 12.6. The third kappa shape index (κ3) is 2.12. The molecule has 0 spiro atoms. The Labute approximate surface area is 130 Å². The van der Waals surface area contributed by atoms with E-state index in [4.69, 9.17) is 9.47 Å². The zero-order chi connectivity index (χ0) is 14.4. The standard InChI is InChI=1S/C16H12BrNO3/c17-13-7-18-2-1-9(13)3-11-4-10-5-14-15(21-8-20-14)6-12(10)16(11)19/h1-2,5-7,11H,3-4,8H2. The Bertz CT molecular complexity index is 744. The molecular formula is C16H12BrNO3. The van der Waals surface area contributed by atoms with Gasteiger partial charge in [0.15, 0.2) is 17.3 Å². The Balaban J connectivity index is 1.63. The molecule has 0 bridgehead atoms. The van der Waals surface area contributed by atoms with E-state index in [1.165, 1.54) is 0 Å². The SMILES string of the molecule is O=C1c2cc3c(cc2CC1Cc1ccncc1Br)OCO3. The molecule has 0 fully saturated rings. The predicted molar refractivity (Wildman–Crippen MR) is 79.7 cm³/mol. The van der Waals surface area contributed by atoms with Gasteiger partial charge in [0, 0.05) is 28.3 Å². The number of nitrogens with zero attached hydrogens (tertiary/aromatic N) is 1. The molecular weight excluding hydrogens is 334 g/mol. The summed E-state index contributed by atoms with van der Waals surface area (Å²) in [5, 5.41) is 0. The Morgan fingerprint density at radius 1 is 1.29 bits per heavy atom. The summed E-state index contributed by atoms with van der Waals surface area (Å²) in [5.41, 5.74) is 2.94. The Kier molecular flexibility index (Phi) is 2.96. The molecule has 1 aromatic carbocycles. The van der Waals surface area contributed by atoms with Crippen molar-refractivity contribution in [2.24, 2.45) is 5.92 Å². The number of ether oxygens (including phenoxy) is 2. The summed E-state index contributed by atoms with van der Waals surface area (Å²) in [4.78, 5) is 16.6. The third-order valence-electron chi connectivity index (χ3n) is 4.02. The highest BCUT2D eigenvalue weighted by molar-refractivity contribution is 9.10. The summed E-state index contributed by atoms with van der Waals surface area (Å²) in [6, 6.07) is 5.71. The van der Waals surface area contributed by atoms with E-state index in [0.29, 0.717) is 12.2 Å². The van der Waals surface area contributed by atoms with Crippen molar-refractivity contribution in [3.63, 3.8) is 0 Å². The highest BCUT2D eigenvalue weighted by Gasteiger charge is 2.33. The monoisotopic (exact) mass is 345 g/mol. The second-order valence-corrected chi connectivity index (χ2v) is 6.15. The van der Waals surface area contributed by atoms with Crippen molar-refractivity contribution in [1.29, 1.82) is 0 Å². The number of pyridine rings is 1. The quantitative estimate of drug-likeness (QED) is 0.838. The minimum atomic E-state index is -0.0266. The fraction of sp³-hybridized carbons (Fsp3) is 0.250. The Hall–Kier alpha value is -1.88. The van der Waals surface area contributed by atoms with E-state index >= 15 is 0 Å². The van der Waals surface area contributed by atoms with Crippen LogP contribution in [0.2, 0.25) is 0 Å². The van der Waals surface area contributed by atoms with Crippen molar-refractivity contribution in [3.05, 3.63) is 51.8 Å². The van der Waals surface area contributed by atoms with Crippen molar-refractivity contribution in [1.82, 2.24) is 4.98 Å². The van der Waals surface area contributed by atoms with Crippen LogP contribution in [0, 0.1) is 5.92 Å². The third-order valence-corrected chi connectivity index (χ3v) is 4.74. The first-order valence-corrected chi connectivity index (χ1v) is 7.57. The first-order chi connectivity index (χ1) is 10.2. The van der Waals surface area contributed by atoms with Crippen LogP contribution in [0.3, 0.4) is 0 Å². The Morgan fingerprint density at radius 3 is 2.90 bits per heavy atom. The number of fused-ring (bicyclic) bond motifs is 2. The summed E-state index contributed by atoms with van der Waals surface area (Å²) >= 11 is 3.49. The molecule has 4 rings (SSSR count). The number of Topliss-reactive ketones (excluding diaryl/α,β-unsaturated/α-hetero) is 1. The lowest BCUT2D eigenvalue weighted by Crippen LogP contribution is -2.12. The van der Waals surface area contributed by atoms with E-state index in [0.717, 1.165) is 33.3 Å². The van der Waals surface area contributed by atoms with Gasteiger partial charge in [-0.05, 0) is 58.1 Å². The number of halogens is 1. The number of benzene rings is 1. The van der Waals surface area contributed by atoms with E-state index < -0.39 is 0 Å². The molecule has 5 heteroatoms. The minimum Gasteiger partial charge on any atom is -0.454 e. The van der Waals surface area contributed by atoms with Gasteiger partial charge in [0.2, 0.25) is 6.79 Å². The molecule has 0 radical (unpaired) electrons. The molecule has 1 aliphatic heterocycles. The van der Waals surface area contributed by atoms with Gasteiger partial charge in [0.1, 0.15) is 0 Å². The van der Waals surface area contributed by atoms with E-state index in [-0.39, 0.29) is 18.5 Å². The number of hydrogen-bond acceptors (Lipinski definition) is 4. The second-order valence-electron chi connectivity index (χ2n) is 5.30. The molecule has 106 valence electrons. The van der Waals surface area contributed by atoms with Crippen LogP contribution >= 0.6 is 15.9 Å². The van der Waals surface area contributed by atoms with Crippen LogP contribution in [0.15, 0.2) is 35.1 Å². The lowest BCUT2D eigenvalue weighted by Gasteiger charge is -2.09. The number of carbonyl (C=O) groups excluding carboxylic acids is 1. The smallest absolute Gasteiger partial charge is 0.231 e. The maximum Gasteiger partial charge on any atom is 0.231 e. The van der Waals surface area contributed by atoms with Gasteiger partial charge in [0.05, 0.1) is 0 Å². The number of rotatable bonds is 2. The Morgan fingerprint density at radius 2 is 2.10 bits per heavy atom. The summed E-state index contributed by atoms with van der Waals surface area (Å²) in [6.07, 6.45) is 4.98. The van der Waals surface area contributed by atoms with Gasteiger partial charge < -0.3 is 9.47 Å². The van der Waals surface area contributed by atoms with Gasteiger partial charge in [0.25, 0.3) is 0 Å². The molecule has 0 saturated carbocycles. The first-order valence-electron chi connectivity index (χ1n) is 6.77. The number of carbonyl (C=O) groups is 1. The van der Waals surface area contributed by atoms with Crippen LogP contribution in [-0.2, 0) is 12.8 Å². The topological polar surface area (TPSA) is 48.4 Å². The molecule has 0 saturated heterocycles. The molecule has 1 unspecified atom stereocenters. The molecule has 2 aromatic rings. The number of ketones is 1. The fourth-order valence-corrected chi connectivity index (χ4v) is 3.37. The fourth-order valence-electron chi connectivity index (χ4n) is 2.96. The second kappa shape index (κ2) is 4.84. The van der Waals surface area contributed by atoms with Crippen LogP contribution in [0.25, 0.3) is 0 Å². The molecule has 1 aliphatic carbocycles. The van der Waals surface area contributed by atoms with Crippen LogP contribution in [0.4, 0.5) is 0 Å². The van der Waals surface area contributed by atoms with E-state index in [1.807, 2.05) is 18.2 Å². The van der Waals surface area contributed by atoms with E-state index in [9.17, 15) is 4.79 Å². The number of aromatic nitrogens is 1. The lowest BCUT2D eigenvalue weighted by molar-refractivity contribution is 0.0935.